The molecule has 1 aromatic heterocycles. The zero-order valence-corrected chi connectivity index (χ0v) is 20.9. The monoisotopic (exact) mass is 492 g/mol. The normalized spacial score (nSPS) is 25.0. The predicted octanol–water partition coefficient (Wildman–Crippen LogP) is 2.72. The summed E-state index contributed by atoms with van der Waals surface area (Å²) in [5, 5.41) is 14.6. The first-order valence-electron chi connectivity index (χ1n) is 13.3. The minimum atomic E-state index is -0.109. The maximum atomic E-state index is 11.8. The van der Waals surface area contributed by atoms with Crippen molar-refractivity contribution in [2.45, 2.75) is 63.3 Å². The third-order valence-electron chi connectivity index (χ3n) is 8.19. The molecule has 4 heterocycles. The summed E-state index contributed by atoms with van der Waals surface area (Å²) >= 11 is 0. The molecule has 0 spiro atoms. The molecule has 1 aliphatic carbocycles. The van der Waals surface area contributed by atoms with Crippen LogP contribution in [0.3, 0.4) is 0 Å². The smallest absolute Gasteiger partial charge is 0.220 e. The van der Waals surface area contributed by atoms with E-state index in [1.54, 1.807) is 0 Å². The number of hydrogen-bond acceptors (Lipinski definition) is 7. The van der Waals surface area contributed by atoms with Crippen molar-refractivity contribution >= 4 is 28.7 Å². The average molecular weight is 493 g/mol. The van der Waals surface area contributed by atoms with Crippen LogP contribution in [0.4, 0.5) is 0 Å². The van der Waals surface area contributed by atoms with Gasteiger partial charge in [0.2, 0.25) is 5.91 Å². The second-order valence-electron chi connectivity index (χ2n) is 10.7. The Bertz CT molecular complexity index is 1160. The van der Waals surface area contributed by atoms with E-state index in [0.717, 1.165) is 79.9 Å². The molecule has 0 unspecified atom stereocenters. The summed E-state index contributed by atoms with van der Waals surface area (Å²) in [6.07, 6.45) is 10.2. The number of nitrogens with one attached hydrogen (secondary N) is 3. The number of carbonyl (C=O) groups is 1. The fourth-order valence-corrected chi connectivity index (χ4v) is 5.56. The van der Waals surface area contributed by atoms with E-state index in [1.165, 1.54) is 6.21 Å². The van der Waals surface area contributed by atoms with Crippen molar-refractivity contribution in [3.8, 4) is 5.75 Å². The van der Waals surface area contributed by atoms with E-state index in [9.17, 15) is 4.79 Å². The number of carbonyl (C=O) groups excluding carboxylic acids is 1. The van der Waals surface area contributed by atoms with Crippen LogP contribution in [0.2, 0.25) is 0 Å². The fourth-order valence-electron chi connectivity index (χ4n) is 5.56. The van der Waals surface area contributed by atoms with E-state index >= 15 is 0 Å². The molecular weight excluding hydrogens is 456 g/mol. The van der Waals surface area contributed by atoms with Gasteiger partial charge in [-0.05, 0) is 50.3 Å². The van der Waals surface area contributed by atoms with Crippen molar-refractivity contribution in [2.24, 2.45) is 5.92 Å². The molecule has 4 aliphatic rings. The first-order chi connectivity index (χ1) is 17.6. The molecule has 9 heteroatoms. The molecule has 2 atom stereocenters. The molecule has 2 aromatic rings. The minimum Gasteiger partial charge on any atom is -0.488 e. The number of allylic oxidation sites excluding steroid dienone is 1. The Morgan fingerprint density at radius 3 is 2.69 bits per heavy atom. The summed E-state index contributed by atoms with van der Waals surface area (Å²) in [7, 11) is 0. The molecule has 3 saturated heterocycles. The van der Waals surface area contributed by atoms with E-state index in [2.05, 4.69) is 26.2 Å². The first kappa shape index (κ1) is 23.5. The number of likely N-dealkylation sites (tertiary alicyclic amines) is 1. The van der Waals surface area contributed by atoms with Gasteiger partial charge in [0.1, 0.15) is 17.4 Å². The molecule has 3 aliphatic heterocycles. The molecule has 192 valence electrons. The second-order valence-corrected chi connectivity index (χ2v) is 10.7. The quantitative estimate of drug-likeness (QED) is 0.465. The van der Waals surface area contributed by atoms with Crippen LogP contribution in [0.25, 0.3) is 16.6 Å². The lowest BCUT2D eigenvalue weighted by atomic mass is 10.0. The highest BCUT2D eigenvalue weighted by Gasteiger charge is 2.31. The van der Waals surface area contributed by atoms with Gasteiger partial charge in [0, 0.05) is 62.0 Å². The van der Waals surface area contributed by atoms with Gasteiger partial charge in [0.25, 0.3) is 0 Å². The van der Waals surface area contributed by atoms with E-state index in [-0.39, 0.29) is 17.9 Å². The van der Waals surface area contributed by atoms with Crippen molar-refractivity contribution in [1.29, 1.82) is 5.41 Å². The van der Waals surface area contributed by atoms with Crippen molar-refractivity contribution in [3.05, 3.63) is 30.2 Å². The number of ether oxygens (including phenoxy) is 2. The van der Waals surface area contributed by atoms with Crippen LogP contribution in [0.5, 0.6) is 5.75 Å². The van der Waals surface area contributed by atoms with Gasteiger partial charge in [-0.1, -0.05) is 0 Å². The van der Waals surface area contributed by atoms with Gasteiger partial charge >= 0.3 is 0 Å². The highest BCUT2D eigenvalue weighted by atomic mass is 16.5. The van der Waals surface area contributed by atoms with Crippen LogP contribution in [0.15, 0.2) is 24.7 Å². The maximum Gasteiger partial charge on any atom is 0.220 e. The summed E-state index contributed by atoms with van der Waals surface area (Å²) in [6.45, 7) is 6.58. The Hall–Kier alpha value is -2.91. The summed E-state index contributed by atoms with van der Waals surface area (Å²) in [5.41, 5.74) is 3.61. The number of aromatic nitrogens is 2. The number of hydrogen-bond donors (Lipinski definition) is 3. The topological polar surface area (TPSA) is 104 Å². The fraction of sp³-hybridized carbons (Fsp3) is 0.593. The highest BCUT2D eigenvalue weighted by molar-refractivity contribution is 6.09. The Balaban J connectivity index is 1.22. The lowest BCUT2D eigenvalue weighted by Gasteiger charge is -2.41. The van der Waals surface area contributed by atoms with Crippen LogP contribution in [-0.2, 0) is 9.53 Å². The molecule has 0 bridgehead atoms. The van der Waals surface area contributed by atoms with E-state index < -0.39 is 0 Å². The van der Waals surface area contributed by atoms with Crippen LogP contribution >= 0.6 is 0 Å². The Morgan fingerprint density at radius 1 is 1.25 bits per heavy atom. The lowest BCUT2D eigenvalue weighted by molar-refractivity contribution is -0.119. The van der Waals surface area contributed by atoms with Gasteiger partial charge < -0.3 is 30.1 Å². The predicted molar refractivity (Wildman–Crippen MR) is 138 cm³/mol. The molecule has 6 rings (SSSR count). The summed E-state index contributed by atoms with van der Waals surface area (Å²) in [5.74, 6) is 1.01. The summed E-state index contributed by atoms with van der Waals surface area (Å²) < 4.78 is 14.1. The summed E-state index contributed by atoms with van der Waals surface area (Å²) in [6, 6.07) is 5.58. The molecule has 1 aromatic carbocycles. The SMILES string of the molecule is C[C@@H](Oc1cc(/C(C=N)=C/NC2CCN(C3COC3)CC2)cc2ncn(C3CC3)c12)[C@H]1CNC(=O)C1. The minimum absolute atomic E-state index is 0.0873. The molecule has 1 amide bonds. The van der Waals surface area contributed by atoms with Gasteiger partial charge in [-0.25, -0.2) is 4.98 Å². The van der Waals surface area contributed by atoms with E-state index in [1.807, 2.05) is 25.5 Å². The van der Waals surface area contributed by atoms with Crippen LogP contribution in [0, 0.1) is 11.3 Å². The molecule has 9 nitrogen and oxygen atoms in total. The number of rotatable bonds is 9. The maximum absolute atomic E-state index is 11.8. The van der Waals surface area contributed by atoms with Gasteiger partial charge in [0.15, 0.2) is 0 Å². The third-order valence-corrected chi connectivity index (χ3v) is 8.19. The van der Waals surface area contributed by atoms with Crippen LogP contribution in [-0.4, -0.2) is 77.6 Å². The standard InChI is InChI=1S/C27H36N6O3/c1-17(19-10-26(34)30-12-19)36-25-9-18(8-24-27(25)33(16-31-24)22-2-3-22)20(11-28)13-29-21-4-6-32(7-5-21)23-14-35-15-23/h8-9,11,13,16-17,19,21-23,28-29H,2-7,10,12,14-15H2,1H3,(H,30,34)/b20-13+,28-11?/t17-,19-/m1/s1. The van der Waals surface area contributed by atoms with Crippen LogP contribution in [0.1, 0.15) is 50.6 Å². The second kappa shape index (κ2) is 9.86. The van der Waals surface area contributed by atoms with E-state index in [4.69, 9.17) is 19.9 Å². The summed E-state index contributed by atoms with van der Waals surface area (Å²) in [4.78, 5) is 19.0. The zero-order valence-electron chi connectivity index (χ0n) is 20.9. The Labute approximate surface area is 211 Å². The molecule has 3 N–H and O–H groups in total. The number of benzene rings is 1. The third kappa shape index (κ3) is 4.74. The van der Waals surface area contributed by atoms with Gasteiger partial charge in [-0.2, -0.15) is 0 Å². The Morgan fingerprint density at radius 2 is 2.06 bits per heavy atom. The number of fused-ring (bicyclic) bond motifs is 1. The molecule has 4 fully saturated rings. The zero-order chi connectivity index (χ0) is 24.6. The largest absolute Gasteiger partial charge is 0.488 e. The van der Waals surface area contributed by atoms with Gasteiger partial charge in [-0.15, -0.1) is 0 Å². The number of piperidine rings is 1. The number of imidazole rings is 1. The molecular formula is C27H36N6O3. The first-order valence-corrected chi connectivity index (χ1v) is 13.3. The van der Waals surface area contributed by atoms with Gasteiger partial charge in [0.05, 0.1) is 31.1 Å². The van der Waals surface area contributed by atoms with Crippen molar-refractivity contribution in [2.75, 3.05) is 32.8 Å². The van der Waals surface area contributed by atoms with Crippen molar-refractivity contribution < 1.29 is 14.3 Å². The van der Waals surface area contributed by atoms with E-state index in [0.29, 0.717) is 31.1 Å². The van der Waals surface area contributed by atoms with Gasteiger partial charge in [-0.3, -0.25) is 9.69 Å². The molecule has 36 heavy (non-hydrogen) atoms. The number of amides is 1. The molecule has 1 saturated carbocycles. The average Bonchev–Trinajstić information content (AvgIpc) is 3.45. The van der Waals surface area contributed by atoms with Crippen molar-refractivity contribution in [1.82, 2.24) is 25.1 Å². The highest BCUT2D eigenvalue weighted by Crippen LogP contribution is 2.41. The lowest BCUT2D eigenvalue weighted by Crippen LogP contribution is -2.53. The van der Waals surface area contributed by atoms with Crippen LogP contribution < -0.4 is 15.4 Å². The number of nitrogens with zero attached hydrogens (tertiary/aromatic N) is 3. The van der Waals surface area contributed by atoms with Crippen molar-refractivity contribution in [3.63, 3.8) is 0 Å². The molecule has 0 radical (unpaired) electrons. The Kier molecular flexibility index (Phi) is 6.43.